The van der Waals surface area contributed by atoms with Crippen LogP contribution in [0.1, 0.15) is 24.0 Å². The van der Waals surface area contributed by atoms with Gasteiger partial charge in [0.15, 0.2) is 5.11 Å². The Balaban J connectivity index is 1.94. The summed E-state index contributed by atoms with van der Waals surface area (Å²) in [5, 5.41) is 5.53. The van der Waals surface area contributed by atoms with Gasteiger partial charge in [-0.1, -0.05) is 0 Å². The van der Waals surface area contributed by atoms with Crippen LogP contribution in [-0.2, 0) is 4.79 Å². The fourth-order valence-corrected chi connectivity index (χ4v) is 2.88. The van der Waals surface area contributed by atoms with Gasteiger partial charge in [-0.25, -0.2) is 4.39 Å². The molecule has 6 heteroatoms. The molecule has 0 unspecified atom stereocenters. The first-order valence-electron chi connectivity index (χ1n) is 6.94. The first-order valence-corrected chi connectivity index (χ1v) is 7.34. The molecule has 1 aromatic carbocycles. The smallest absolute Gasteiger partial charge is 0.273 e. The molecule has 0 radical (unpaired) electrons. The molecule has 0 saturated carbocycles. The topological polar surface area (TPSA) is 44.4 Å². The van der Waals surface area contributed by atoms with Gasteiger partial charge in [-0.15, -0.1) is 0 Å². The predicted molar refractivity (Wildman–Crippen MR) is 84.4 cm³/mol. The number of nitrogens with zero attached hydrogens (tertiary/aromatic N) is 1. The third kappa shape index (κ3) is 2.76. The summed E-state index contributed by atoms with van der Waals surface area (Å²) < 4.78 is 14.3. The van der Waals surface area contributed by atoms with E-state index in [2.05, 4.69) is 15.5 Å². The van der Waals surface area contributed by atoms with Crippen LogP contribution in [0.5, 0.6) is 0 Å². The Labute approximate surface area is 128 Å². The monoisotopic (exact) mass is 305 g/mol. The molecule has 110 valence electrons. The minimum absolute atomic E-state index is 0.254. The summed E-state index contributed by atoms with van der Waals surface area (Å²) in [4.78, 5) is 13.7. The van der Waals surface area contributed by atoms with Crippen LogP contribution in [-0.4, -0.2) is 24.1 Å². The van der Waals surface area contributed by atoms with Gasteiger partial charge < -0.3 is 10.2 Å². The molecule has 1 aromatic rings. The van der Waals surface area contributed by atoms with Crippen LogP contribution in [0.4, 0.5) is 10.1 Å². The molecule has 0 atom stereocenters. The number of carbonyl (C=O) groups excluding carboxylic acids is 1. The minimum Gasteiger partial charge on any atom is -0.369 e. The summed E-state index contributed by atoms with van der Waals surface area (Å²) in [6.45, 7) is 3.71. The Morgan fingerprint density at radius 2 is 2.00 bits per heavy atom. The van der Waals surface area contributed by atoms with Gasteiger partial charge in [0.05, 0.1) is 5.69 Å². The molecule has 2 N–H and O–H groups in total. The molecule has 2 heterocycles. The first kappa shape index (κ1) is 14.0. The second-order valence-electron chi connectivity index (χ2n) is 5.32. The lowest BCUT2D eigenvalue weighted by atomic mass is 10.1. The summed E-state index contributed by atoms with van der Waals surface area (Å²) >= 11 is 4.88. The maximum atomic E-state index is 14.3. The van der Waals surface area contributed by atoms with Gasteiger partial charge >= 0.3 is 0 Å². The van der Waals surface area contributed by atoms with Crippen molar-refractivity contribution >= 4 is 35.0 Å². The van der Waals surface area contributed by atoms with Gasteiger partial charge in [0.2, 0.25) is 0 Å². The van der Waals surface area contributed by atoms with E-state index in [-0.39, 0.29) is 16.8 Å². The van der Waals surface area contributed by atoms with Crippen molar-refractivity contribution in [2.45, 2.75) is 19.8 Å². The number of aryl methyl sites for hydroxylation is 1. The van der Waals surface area contributed by atoms with Crippen molar-refractivity contribution in [3.05, 3.63) is 34.8 Å². The lowest BCUT2D eigenvalue weighted by Crippen LogP contribution is -2.21. The fraction of sp³-hybridized carbons (Fsp3) is 0.333. The van der Waals surface area contributed by atoms with Crippen molar-refractivity contribution in [2.75, 3.05) is 18.0 Å². The SMILES string of the molecule is Cc1cc(N2CCCC2)c(F)cc1/C=C1/NC(=S)NC1=O. The van der Waals surface area contributed by atoms with E-state index >= 15 is 0 Å². The molecule has 0 spiro atoms. The highest BCUT2D eigenvalue weighted by atomic mass is 32.1. The van der Waals surface area contributed by atoms with Gasteiger partial charge in [-0.2, -0.15) is 0 Å². The number of hydrogen-bond acceptors (Lipinski definition) is 3. The summed E-state index contributed by atoms with van der Waals surface area (Å²) in [6, 6.07) is 3.32. The quantitative estimate of drug-likeness (QED) is 0.649. The van der Waals surface area contributed by atoms with E-state index in [1.807, 2.05) is 13.0 Å². The fourth-order valence-electron chi connectivity index (χ4n) is 2.68. The van der Waals surface area contributed by atoms with Gasteiger partial charge in [0, 0.05) is 13.1 Å². The molecular formula is C15H16FN3OS. The molecular weight excluding hydrogens is 289 g/mol. The van der Waals surface area contributed by atoms with Gasteiger partial charge in [-0.3, -0.25) is 10.1 Å². The van der Waals surface area contributed by atoms with Crippen LogP contribution >= 0.6 is 12.2 Å². The number of benzene rings is 1. The first-order chi connectivity index (χ1) is 10.0. The zero-order chi connectivity index (χ0) is 15.0. The lowest BCUT2D eigenvalue weighted by molar-refractivity contribution is -0.115. The van der Waals surface area contributed by atoms with Crippen LogP contribution in [0, 0.1) is 12.7 Å². The number of halogens is 1. The molecule has 0 aromatic heterocycles. The van der Waals surface area contributed by atoms with Crippen LogP contribution in [0.25, 0.3) is 6.08 Å². The van der Waals surface area contributed by atoms with E-state index in [4.69, 9.17) is 12.2 Å². The second kappa shape index (κ2) is 5.44. The van der Waals surface area contributed by atoms with Crippen molar-refractivity contribution in [3.63, 3.8) is 0 Å². The van der Waals surface area contributed by atoms with Crippen LogP contribution < -0.4 is 15.5 Å². The third-order valence-electron chi connectivity index (χ3n) is 3.80. The average Bonchev–Trinajstić information content (AvgIpc) is 3.04. The maximum absolute atomic E-state index is 14.3. The van der Waals surface area contributed by atoms with Crippen LogP contribution in [0.3, 0.4) is 0 Å². The summed E-state index contributed by atoms with van der Waals surface area (Å²) in [5.74, 6) is -0.543. The number of amides is 1. The van der Waals surface area contributed by atoms with Crippen LogP contribution in [0.2, 0.25) is 0 Å². The molecule has 21 heavy (non-hydrogen) atoms. The average molecular weight is 305 g/mol. The van der Waals surface area contributed by atoms with E-state index in [1.165, 1.54) is 6.07 Å². The van der Waals surface area contributed by atoms with Crippen molar-refractivity contribution in [3.8, 4) is 0 Å². The standard InChI is InChI=1S/C15H16FN3OS/c1-9-6-13(19-4-2-3-5-19)11(16)7-10(9)8-12-14(20)18-15(21)17-12/h6-8H,2-5H2,1H3,(H2,17,18,20,21)/b12-8+. The number of nitrogens with one attached hydrogen (secondary N) is 2. The molecule has 0 aliphatic carbocycles. The van der Waals surface area contributed by atoms with E-state index < -0.39 is 0 Å². The van der Waals surface area contributed by atoms with Gasteiger partial charge in [-0.05, 0) is 61.3 Å². The van der Waals surface area contributed by atoms with Gasteiger partial charge in [0.1, 0.15) is 11.5 Å². The Hall–Kier alpha value is -1.95. The normalized spacial score (nSPS) is 20.1. The largest absolute Gasteiger partial charge is 0.369 e. The predicted octanol–water partition coefficient (Wildman–Crippen LogP) is 2.08. The molecule has 2 fully saturated rings. The van der Waals surface area contributed by atoms with Crippen molar-refractivity contribution in [1.29, 1.82) is 0 Å². The van der Waals surface area contributed by atoms with E-state index in [1.54, 1.807) is 6.08 Å². The molecule has 1 amide bonds. The highest BCUT2D eigenvalue weighted by Crippen LogP contribution is 2.27. The van der Waals surface area contributed by atoms with E-state index in [0.29, 0.717) is 16.9 Å². The van der Waals surface area contributed by atoms with Gasteiger partial charge in [0.25, 0.3) is 5.91 Å². The Morgan fingerprint density at radius 1 is 1.29 bits per heavy atom. The Morgan fingerprint density at radius 3 is 2.62 bits per heavy atom. The Bertz CT molecular complexity index is 651. The van der Waals surface area contributed by atoms with E-state index in [0.717, 1.165) is 31.5 Å². The number of thiocarbonyl (C=S) groups is 1. The highest BCUT2D eigenvalue weighted by Gasteiger charge is 2.21. The number of hydrogen-bond donors (Lipinski definition) is 2. The zero-order valence-corrected chi connectivity index (χ0v) is 12.5. The zero-order valence-electron chi connectivity index (χ0n) is 11.7. The summed E-state index contributed by atoms with van der Waals surface area (Å²) in [7, 11) is 0. The number of rotatable bonds is 2. The molecule has 0 bridgehead atoms. The van der Waals surface area contributed by atoms with E-state index in [9.17, 15) is 9.18 Å². The van der Waals surface area contributed by atoms with Crippen molar-refractivity contribution in [1.82, 2.24) is 10.6 Å². The third-order valence-corrected chi connectivity index (χ3v) is 4.01. The number of anilines is 1. The van der Waals surface area contributed by atoms with Crippen LogP contribution in [0.15, 0.2) is 17.8 Å². The lowest BCUT2D eigenvalue weighted by Gasteiger charge is -2.19. The molecule has 2 aliphatic heterocycles. The highest BCUT2D eigenvalue weighted by molar-refractivity contribution is 7.80. The Kier molecular flexibility index (Phi) is 3.63. The second-order valence-corrected chi connectivity index (χ2v) is 5.73. The maximum Gasteiger partial charge on any atom is 0.273 e. The van der Waals surface area contributed by atoms with Crippen molar-refractivity contribution in [2.24, 2.45) is 0 Å². The molecule has 2 aliphatic rings. The minimum atomic E-state index is -0.288. The number of carbonyl (C=O) groups is 1. The van der Waals surface area contributed by atoms with Crippen molar-refractivity contribution < 1.29 is 9.18 Å². The summed E-state index contributed by atoms with van der Waals surface area (Å²) in [5.41, 5.74) is 2.60. The molecule has 3 rings (SSSR count). The molecule has 2 saturated heterocycles. The molecule has 4 nitrogen and oxygen atoms in total. The summed E-state index contributed by atoms with van der Waals surface area (Å²) in [6.07, 6.45) is 3.83.